The number of hydrogen-bond acceptors (Lipinski definition) is 2. The van der Waals surface area contributed by atoms with Crippen molar-refractivity contribution in [2.75, 3.05) is 13.2 Å². The number of nitrogens with zero attached hydrogens (tertiary/aromatic N) is 1. The van der Waals surface area contributed by atoms with Crippen LogP contribution in [0.25, 0.3) is 0 Å². The molecule has 2 rings (SSSR count). The fourth-order valence-electron chi connectivity index (χ4n) is 1.50. The van der Waals surface area contributed by atoms with Crippen LogP contribution < -0.4 is 0 Å². The van der Waals surface area contributed by atoms with E-state index in [2.05, 4.69) is 24.0 Å². The number of rotatable bonds is 2. The van der Waals surface area contributed by atoms with E-state index < -0.39 is 0 Å². The lowest BCUT2D eigenvalue weighted by Gasteiger charge is -2.10. The molecule has 1 aromatic rings. The quantitative estimate of drug-likeness (QED) is 0.675. The Morgan fingerprint density at radius 3 is 2.69 bits per heavy atom. The van der Waals surface area contributed by atoms with Gasteiger partial charge in [-0.1, -0.05) is 30.3 Å². The minimum Gasteiger partial charge on any atom is -0.479 e. The summed E-state index contributed by atoms with van der Waals surface area (Å²) < 4.78 is 5.42. The van der Waals surface area contributed by atoms with E-state index in [1.54, 1.807) is 0 Å². The normalized spacial score (nSPS) is 17.8. The van der Waals surface area contributed by atoms with E-state index >= 15 is 0 Å². The first kappa shape index (κ1) is 8.30. The molecular weight excluding hydrogens is 162 g/mol. The van der Waals surface area contributed by atoms with Gasteiger partial charge in [0.05, 0.1) is 12.5 Å². The van der Waals surface area contributed by atoms with Gasteiger partial charge < -0.3 is 4.74 Å². The van der Waals surface area contributed by atoms with Crippen molar-refractivity contribution in [3.63, 3.8) is 0 Å². The van der Waals surface area contributed by atoms with Crippen LogP contribution in [0, 0.1) is 0 Å². The average molecular weight is 175 g/mol. The van der Waals surface area contributed by atoms with Crippen molar-refractivity contribution in [3.8, 4) is 0 Å². The fourth-order valence-corrected chi connectivity index (χ4v) is 1.50. The van der Waals surface area contributed by atoms with Gasteiger partial charge >= 0.3 is 0 Å². The number of hydrogen-bond donors (Lipinski definition) is 0. The first-order valence-electron chi connectivity index (χ1n) is 4.60. The Bertz CT molecular complexity index is 305. The van der Waals surface area contributed by atoms with Crippen molar-refractivity contribution in [1.29, 1.82) is 0 Å². The van der Waals surface area contributed by atoms with Gasteiger partial charge in [-0.05, 0) is 12.5 Å². The monoisotopic (exact) mass is 175 g/mol. The molecule has 68 valence electrons. The van der Waals surface area contributed by atoms with E-state index in [1.807, 2.05) is 18.2 Å². The maximum Gasteiger partial charge on any atom is 0.190 e. The molecule has 1 aliphatic heterocycles. The molecule has 0 spiro atoms. The summed E-state index contributed by atoms with van der Waals surface area (Å²) >= 11 is 0. The molecule has 1 heterocycles. The van der Waals surface area contributed by atoms with Gasteiger partial charge in [-0.15, -0.1) is 0 Å². The van der Waals surface area contributed by atoms with Crippen LogP contribution >= 0.6 is 0 Å². The van der Waals surface area contributed by atoms with Crippen LogP contribution in [0.4, 0.5) is 0 Å². The molecule has 1 aromatic carbocycles. The van der Waals surface area contributed by atoms with Crippen LogP contribution in [0.1, 0.15) is 18.4 Å². The van der Waals surface area contributed by atoms with Gasteiger partial charge in [0.25, 0.3) is 0 Å². The molecule has 1 unspecified atom stereocenters. The Morgan fingerprint density at radius 2 is 2.08 bits per heavy atom. The maximum absolute atomic E-state index is 5.42. The highest BCUT2D eigenvalue weighted by Crippen LogP contribution is 2.18. The lowest BCUT2D eigenvalue weighted by Crippen LogP contribution is -2.09. The summed E-state index contributed by atoms with van der Waals surface area (Å²) in [6.07, 6.45) is 0. The van der Waals surface area contributed by atoms with E-state index in [9.17, 15) is 0 Å². The molecule has 1 atom stereocenters. The van der Waals surface area contributed by atoms with Gasteiger partial charge in [0, 0.05) is 0 Å². The van der Waals surface area contributed by atoms with Gasteiger partial charge in [-0.3, -0.25) is 4.99 Å². The van der Waals surface area contributed by atoms with Gasteiger partial charge in [0.15, 0.2) is 5.90 Å². The van der Waals surface area contributed by atoms with Crippen molar-refractivity contribution < 1.29 is 4.74 Å². The third-order valence-corrected chi connectivity index (χ3v) is 2.28. The van der Waals surface area contributed by atoms with E-state index in [0.29, 0.717) is 5.92 Å². The molecule has 2 heteroatoms. The molecular formula is C11H13NO. The van der Waals surface area contributed by atoms with E-state index in [4.69, 9.17) is 4.74 Å². The molecule has 0 amide bonds. The molecule has 0 radical (unpaired) electrons. The summed E-state index contributed by atoms with van der Waals surface area (Å²) in [5, 5.41) is 0. The van der Waals surface area contributed by atoms with E-state index in [1.165, 1.54) is 5.56 Å². The average Bonchev–Trinajstić information content (AvgIpc) is 2.71. The highest BCUT2D eigenvalue weighted by Gasteiger charge is 2.16. The van der Waals surface area contributed by atoms with Crippen LogP contribution in [0.2, 0.25) is 0 Å². The number of benzene rings is 1. The Hall–Kier alpha value is -1.31. The summed E-state index contributed by atoms with van der Waals surface area (Å²) in [4.78, 5) is 4.31. The summed E-state index contributed by atoms with van der Waals surface area (Å²) in [6, 6.07) is 10.3. The lowest BCUT2D eigenvalue weighted by molar-refractivity contribution is 0.334. The zero-order valence-corrected chi connectivity index (χ0v) is 7.73. The zero-order valence-electron chi connectivity index (χ0n) is 7.73. The van der Waals surface area contributed by atoms with Gasteiger partial charge in [0.2, 0.25) is 0 Å². The third-order valence-electron chi connectivity index (χ3n) is 2.28. The SMILES string of the molecule is CC(C1=NCCO1)c1ccccc1. The van der Waals surface area contributed by atoms with E-state index in [-0.39, 0.29) is 0 Å². The lowest BCUT2D eigenvalue weighted by atomic mass is 10.0. The standard InChI is InChI=1S/C11H13NO/c1-9(11-12-7-8-13-11)10-5-3-2-4-6-10/h2-6,9H,7-8H2,1H3. The van der Waals surface area contributed by atoms with Gasteiger partial charge in [0.1, 0.15) is 6.61 Å². The van der Waals surface area contributed by atoms with Crippen molar-refractivity contribution in [3.05, 3.63) is 35.9 Å². The van der Waals surface area contributed by atoms with Crippen molar-refractivity contribution in [2.45, 2.75) is 12.8 Å². The van der Waals surface area contributed by atoms with Crippen LogP contribution in [0.3, 0.4) is 0 Å². The van der Waals surface area contributed by atoms with Gasteiger partial charge in [-0.25, -0.2) is 0 Å². The highest BCUT2D eigenvalue weighted by molar-refractivity contribution is 5.84. The molecule has 0 aliphatic carbocycles. The molecule has 0 N–H and O–H groups in total. The van der Waals surface area contributed by atoms with E-state index in [0.717, 1.165) is 19.0 Å². The Morgan fingerprint density at radius 1 is 1.31 bits per heavy atom. The highest BCUT2D eigenvalue weighted by atomic mass is 16.5. The summed E-state index contributed by atoms with van der Waals surface area (Å²) in [7, 11) is 0. The largest absolute Gasteiger partial charge is 0.479 e. The summed E-state index contributed by atoms with van der Waals surface area (Å²) in [5.74, 6) is 1.18. The van der Waals surface area contributed by atoms with Crippen LogP contribution in [0.5, 0.6) is 0 Å². The van der Waals surface area contributed by atoms with Crippen molar-refractivity contribution >= 4 is 5.90 Å². The molecule has 0 fully saturated rings. The zero-order chi connectivity index (χ0) is 9.10. The number of aliphatic imine (C=N–C) groups is 1. The second-order valence-corrected chi connectivity index (χ2v) is 3.20. The second-order valence-electron chi connectivity index (χ2n) is 3.20. The predicted octanol–water partition coefficient (Wildman–Crippen LogP) is 2.22. The predicted molar refractivity (Wildman–Crippen MR) is 53.1 cm³/mol. The van der Waals surface area contributed by atoms with Crippen LogP contribution in [0.15, 0.2) is 35.3 Å². The minimum absolute atomic E-state index is 0.295. The van der Waals surface area contributed by atoms with Crippen LogP contribution in [-0.4, -0.2) is 19.0 Å². The molecule has 2 nitrogen and oxygen atoms in total. The maximum atomic E-state index is 5.42. The van der Waals surface area contributed by atoms with Crippen molar-refractivity contribution in [1.82, 2.24) is 0 Å². The Balaban J connectivity index is 2.17. The first-order chi connectivity index (χ1) is 6.38. The summed E-state index contributed by atoms with van der Waals surface area (Å²) in [5.41, 5.74) is 1.27. The fraction of sp³-hybridized carbons (Fsp3) is 0.364. The van der Waals surface area contributed by atoms with Gasteiger partial charge in [-0.2, -0.15) is 0 Å². The van der Waals surface area contributed by atoms with Crippen molar-refractivity contribution in [2.24, 2.45) is 4.99 Å². The second kappa shape index (κ2) is 3.60. The number of ether oxygens (including phenoxy) is 1. The Kier molecular flexibility index (Phi) is 2.30. The topological polar surface area (TPSA) is 21.6 Å². The first-order valence-corrected chi connectivity index (χ1v) is 4.60. The Labute approximate surface area is 78.3 Å². The third kappa shape index (κ3) is 1.72. The molecule has 13 heavy (non-hydrogen) atoms. The summed E-state index contributed by atoms with van der Waals surface area (Å²) in [6.45, 7) is 3.68. The molecule has 0 bridgehead atoms. The molecule has 0 aromatic heterocycles. The van der Waals surface area contributed by atoms with Crippen LogP contribution in [-0.2, 0) is 4.74 Å². The molecule has 0 saturated heterocycles. The smallest absolute Gasteiger partial charge is 0.190 e. The molecule has 0 saturated carbocycles. The minimum atomic E-state index is 0.295. The molecule has 1 aliphatic rings.